The molecule has 0 saturated carbocycles. The molecular weight excluding hydrogens is 446 g/mol. The third kappa shape index (κ3) is 2.93. The van der Waals surface area contributed by atoms with Gasteiger partial charge in [-0.1, -0.05) is 54.6 Å². The van der Waals surface area contributed by atoms with Crippen LogP contribution in [0.15, 0.2) is 84.9 Å². The molecule has 3 heterocycles. The number of hydrogen-bond donors (Lipinski definition) is 0. The van der Waals surface area contributed by atoms with E-state index >= 15 is 0 Å². The van der Waals surface area contributed by atoms with Gasteiger partial charge < -0.3 is 4.90 Å². The molecule has 6 rings (SSSR count). The lowest BCUT2D eigenvalue weighted by molar-refractivity contribution is -0.142. The van der Waals surface area contributed by atoms with Crippen molar-refractivity contribution in [2.45, 2.75) is 12.5 Å². The molecule has 3 aromatic rings. The van der Waals surface area contributed by atoms with Crippen LogP contribution in [-0.4, -0.2) is 41.9 Å². The van der Waals surface area contributed by atoms with Gasteiger partial charge in [-0.2, -0.15) is 11.8 Å². The lowest BCUT2D eigenvalue weighted by Gasteiger charge is -2.55. The van der Waals surface area contributed by atoms with Crippen molar-refractivity contribution in [2.75, 3.05) is 32.8 Å². The van der Waals surface area contributed by atoms with Gasteiger partial charge in [-0.3, -0.25) is 9.59 Å². The van der Waals surface area contributed by atoms with Crippen molar-refractivity contribution >= 4 is 46.7 Å². The normalized spacial score (nSPS) is 21.5. The number of barbiturate groups is 1. The number of benzene rings is 3. The Hall–Kier alpha value is -3.58. The summed E-state index contributed by atoms with van der Waals surface area (Å²) in [7, 11) is 0. The summed E-state index contributed by atoms with van der Waals surface area (Å²) in [5, 5.41) is 0. The van der Waals surface area contributed by atoms with E-state index in [-0.39, 0.29) is 12.5 Å². The van der Waals surface area contributed by atoms with Gasteiger partial charge in [-0.15, -0.1) is 0 Å². The highest BCUT2D eigenvalue weighted by Crippen LogP contribution is 2.49. The van der Waals surface area contributed by atoms with E-state index in [4.69, 9.17) is 0 Å². The summed E-state index contributed by atoms with van der Waals surface area (Å²) in [4.78, 5) is 47.2. The van der Waals surface area contributed by atoms with Crippen LogP contribution in [0, 0.1) is 5.41 Å². The van der Waals surface area contributed by atoms with Gasteiger partial charge in [0.2, 0.25) is 0 Å². The maximum atomic E-state index is 14.4. The number of hydrogen-bond acceptors (Lipinski definition) is 5. The third-order valence-electron chi connectivity index (χ3n) is 7.05. The molecule has 2 fully saturated rings. The van der Waals surface area contributed by atoms with E-state index in [0.29, 0.717) is 17.1 Å². The van der Waals surface area contributed by atoms with Crippen LogP contribution in [0.5, 0.6) is 0 Å². The number of nitrogens with zero attached hydrogens (tertiary/aromatic N) is 3. The van der Waals surface area contributed by atoms with E-state index in [2.05, 4.69) is 11.0 Å². The fourth-order valence-corrected chi connectivity index (χ4v) is 6.65. The van der Waals surface area contributed by atoms with Gasteiger partial charge in [0.1, 0.15) is 0 Å². The second-order valence-electron chi connectivity index (χ2n) is 8.80. The molecule has 3 aromatic carbocycles. The minimum Gasteiger partial charge on any atom is -0.365 e. The molecule has 1 spiro atoms. The predicted octanol–water partition coefficient (Wildman–Crippen LogP) is 4.35. The second-order valence-corrected chi connectivity index (χ2v) is 9.95. The van der Waals surface area contributed by atoms with Crippen molar-refractivity contribution in [1.29, 1.82) is 0 Å². The largest absolute Gasteiger partial charge is 0.365 e. The summed E-state index contributed by atoms with van der Waals surface area (Å²) in [6.07, 6.45) is 0.266. The van der Waals surface area contributed by atoms with Gasteiger partial charge in [0.25, 0.3) is 11.8 Å². The Morgan fingerprint density at radius 3 is 1.91 bits per heavy atom. The summed E-state index contributed by atoms with van der Waals surface area (Å²) in [6.45, 7) is 0.749. The first-order valence-corrected chi connectivity index (χ1v) is 12.5. The average molecular weight is 470 g/mol. The third-order valence-corrected chi connectivity index (χ3v) is 8.07. The summed E-state index contributed by atoms with van der Waals surface area (Å²) >= 11 is 1.75. The Morgan fingerprint density at radius 1 is 0.735 bits per heavy atom. The number of carbonyl (C=O) groups is 3. The molecule has 1 atom stereocenters. The molecule has 0 bridgehead atoms. The Morgan fingerprint density at radius 2 is 1.29 bits per heavy atom. The molecule has 0 unspecified atom stereocenters. The molecule has 0 aromatic heterocycles. The van der Waals surface area contributed by atoms with Gasteiger partial charge in [-0.25, -0.2) is 14.6 Å². The minimum atomic E-state index is -1.40. The number of urea groups is 1. The summed E-state index contributed by atoms with van der Waals surface area (Å²) in [5.74, 6) is 0.693. The van der Waals surface area contributed by atoms with Crippen LogP contribution in [0.4, 0.5) is 21.9 Å². The Labute approximate surface area is 202 Å². The zero-order valence-corrected chi connectivity index (χ0v) is 19.3. The van der Waals surface area contributed by atoms with E-state index in [0.717, 1.165) is 23.5 Å². The minimum absolute atomic E-state index is 0.266. The quantitative estimate of drug-likeness (QED) is 0.522. The molecule has 0 aliphatic carbocycles. The standard InChI is InChI=1S/C27H23N3O3S/c31-24-27(17-19-9-7-8-14-22(19)28-15-16-34-18-23(27)28)25(32)30(21-12-5-2-6-13-21)26(33)29(24)20-10-3-1-4-11-20/h1-14,23H,15-18H2/t23-/m1/s1. The van der Waals surface area contributed by atoms with Crippen LogP contribution in [0.3, 0.4) is 0 Å². The van der Waals surface area contributed by atoms with Gasteiger partial charge in [0.05, 0.1) is 17.4 Å². The molecule has 34 heavy (non-hydrogen) atoms. The topological polar surface area (TPSA) is 60.9 Å². The molecule has 3 aliphatic heterocycles. The van der Waals surface area contributed by atoms with Crippen LogP contribution in [0.2, 0.25) is 0 Å². The Balaban J connectivity index is 1.59. The second kappa shape index (κ2) is 8.02. The number of para-hydroxylation sites is 3. The number of imide groups is 2. The van der Waals surface area contributed by atoms with Crippen LogP contribution in [0.1, 0.15) is 5.56 Å². The van der Waals surface area contributed by atoms with Gasteiger partial charge >= 0.3 is 6.03 Å². The Bertz CT molecular complexity index is 1220. The summed E-state index contributed by atoms with van der Waals surface area (Å²) in [5.41, 5.74) is 1.58. The van der Waals surface area contributed by atoms with E-state index in [1.807, 2.05) is 30.3 Å². The number of thioether (sulfide) groups is 1. The zero-order valence-electron chi connectivity index (χ0n) is 18.5. The summed E-state index contributed by atoms with van der Waals surface area (Å²) in [6, 6.07) is 24.9. The van der Waals surface area contributed by atoms with Crippen molar-refractivity contribution in [3.8, 4) is 0 Å². The molecular formula is C27H23N3O3S. The molecule has 6 nitrogen and oxygen atoms in total. The van der Waals surface area contributed by atoms with Crippen LogP contribution in [0.25, 0.3) is 0 Å². The fraction of sp³-hybridized carbons (Fsp3) is 0.222. The van der Waals surface area contributed by atoms with Crippen molar-refractivity contribution in [3.63, 3.8) is 0 Å². The summed E-state index contributed by atoms with van der Waals surface area (Å²) < 4.78 is 0. The van der Waals surface area contributed by atoms with Gasteiger partial charge in [0.15, 0.2) is 5.41 Å². The maximum absolute atomic E-state index is 14.4. The van der Waals surface area contributed by atoms with Crippen LogP contribution in [-0.2, 0) is 16.0 Å². The average Bonchev–Trinajstić information content (AvgIpc) is 2.89. The first-order chi connectivity index (χ1) is 16.6. The van der Waals surface area contributed by atoms with Crippen molar-refractivity contribution < 1.29 is 14.4 Å². The van der Waals surface area contributed by atoms with E-state index < -0.39 is 23.3 Å². The van der Waals surface area contributed by atoms with Gasteiger partial charge in [-0.05, 0) is 42.3 Å². The van der Waals surface area contributed by atoms with Crippen LogP contribution >= 0.6 is 11.8 Å². The van der Waals surface area contributed by atoms with E-state index in [9.17, 15) is 14.4 Å². The lowest BCUT2D eigenvalue weighted by Crippen LogP contribution is -2.74. The van der Waals surface area contributed by atoms with Crippen LogP contribution < -0.4 is 14.7 Å². The number of anilines is 3. The fourth-order valence-electron chi connectivity index (χ4n) is 5.47. The van der Waals surface area contributed by atoms with Crippen molar-refractivity contribution in [3.05, 3.63) is 90.5 Å². The highest BCUT2D eigenvalue weighted by molar-refractivity contribution is 7.99. The smallest absolute Gasteiger partial charge is 0.342 e. The van der Waals surface area contributed by atoms with Crippen molar-refractivity contribution in [1.82, 2.24) is 0 Å². The molecule has 3 aliphatic rings. The highest BCUT2D eigenvalue weighted by Gasteiger charge is 2.65. The lowest BCUT2D eigenvalue weighted by atomic mass is 9.68. The SMILES string of the molecule is O=C1N(c2ccccc2)C(=O)C2(Cc3ccccc3N3CCSC[C@@H]32)C(=O)N1c1ccccc1. The van der Waals surface area contributed by atoms with Gasteiger partial charge in [0, 0.05) is 23.7 Å². The number of amides is 4. The monoisotopic (exact) mass is 469 g/mol. The molecule has 2 saturated heterocycles. The van der Waals surface area contributed by atoms with E-state index in [1.165, 1.54) is 9.80 Å². The first-order valence-electron chi connectivity index (χ1n) is 11.4. The molecule has 4 amide bonds. The van der Waals surface area contributed by atoms with E-state index in [1.54, 1.807) is 60.3 Å². The molecule has 7 heteroatoms. The van der Waals surface area contributed by atoms with Crippen molar-refractivity contribution in [2.24, 2.45) is 5.41 Å². The molecule has 0 N–H and O–H groups in total. The first kappa shape index (κ1) is 21.0. The molecule has 0 radical (unpaired) electrons. The molecule has 170 valence electrons. The Kier molecular flexibility index (Phi) is 4.95. The zero-order chi connectivity index (χ0) is 23.3. The number of rotatable bonds is 2. The highest BCUT2D eigenvalue weighted by atomic mass is 32.2. The predicted molar refractivity (Wildman–Crippen MR) is 134 cm³/mol. The maximum Gasteiger partial charge on any atom is 0.342 e. The number of carbonyl (C=O) groups excluding carboxylic acids is 3. The number of fused-ring (bicyclic) bond motifs is 4.